The van der Waals surface area contributed by atoms with Gasteiger partial charge in [-0.2, -0.15) is 0 Å². The number of hydrogen-bond donors (Lipinski definition) is 2. The molecule has 0 rings (SSSR count). The van der Waals surface area contributed by atoms with Crippen LogP contribution in [-0.2, 0) is 19.1 Å². The monoisotopic (exact) mass is 400 g/mol. The highest BCUT2D eigenvalue weighted by molar-refractivity contribution is 14.1. The second-order valence-corrected chi connectivity index (χ2v) is 5.54. The Kier molecular flexibility index (Phi) is 13.3. The van der Waals surface area contributed by atoms with Gasteiger partial charge < -0.3 is 20.1 Å². The highest BCUT2D eigenvalue weighted by Gasteiger charge is 2.04. The molecule has 0 radical (unpaired) electrons. The fraction of sp³-hybridized carbons (Fsp3) is 0.846. The largest absolute Gasteiger partial charge is 0.377 e. The van der Waals surface area contributed by atoms with Crippen LogP contribution in [0.2, 0.25) is 0 Å². The van der Waals surface area contributed by atoms with E-state index in [-0.39, 0.29) is 17.7 Å². The van der Waals surface area contributed by atoms with Gasteiger partial charge in [-0.3, -0.25) is 9.59 Å². The Morgan fingerprint density at radius 2 is 1.55 bits per heavy atom. The van der Waals surface area contributed by atoms with E-state index in [1.165, 1.54) is 0 Å². The van der Waals surface area contributed by atoms with Gasteiger partial charge in [0, 0.05) is 29.9 Å². The summed E-state index contributed by atoms with van der Waals surface area (Å²) in [5.74, 6) is 0.0907. The van der Waals surface area contributed by atoms with Crippen molar-refractivity contribution in [1.29, 1.82) is 0 Å². The number of ether oxygens (including phenoxy) is 2. The van der Waals surface area contributed by atoms with Gasteiger partial charge in [-0.25, -0.2) is 0 Å². The van der Waals surface area contributed by atoms with Gasteiger partial charge in [0.05, 0.1) is 26.4 Å². The van der Waals surface area contributed by atoms with Crippen molar-refractivity contribution in [2.45, 2.75) is 20.3 Å². The van der Waals surface area contributed by atoms with E-state index in [0.29, 0.717) is 45.9 Å². The van der Waals surface area contributed by atoms with Crippen LogP contribution in [0.3, 0.4) is 0 Å². The molecule has 0 aromatic carbocycles. The van der Waals surface area contributed by atoms with Crippen LogP contribution in [0.1, 0.15) is 20.3 Å². The van der Waals surface area contributed by atoms with Gasteiger partial charge in [0.2, 0.25) is 11.8 Å². The predicted molar refractivity (Wildman–Crippen MR) is 86.0 cm³/mol. The number of rotatable bonds is 12. The number of hydrogen-bond acceptors (Lipinski definition) is 4. The molecule has 2 N–H and O–H groups in total. The maximum Gasteiger partial charge on any atom is 0.222 e. The van der Waals surface area contributed by atoms with Crippen LogP contribution >= 0.6 is 22.6 Å². The minimum atomic E-state index is 0.000691. The Balaban J connectivity index is 3.17. The molecule has 0 bridgehead atoms. The molecule has 118 valence electrons. The molecule has 0 aromatic heterocycles. The number of halogens is 1. The van der Waals surface area contributed by atoms with Gasteiger partial charge in [-0.15, -0.1) is 0 Å². The van der Waals surface area contributed by atoms with Crippen molar-refractivity contribution in [1.82, 2.24) is 10.6 Å². The van der Waals surface area contributed by atoms with Crippen LogP contribution in [0.4, 0.5) is 0 Å². The molecule has 0 spiro atoms. The summed E-state index contributed by atoms with van der Waals surface area (Å²) in [6, 6.07) is 0. The first kappa shape index (κ1) is 19.6. The topological polar surface area (TPSA) is 76.7 Å². The summed E-state index contributed by atoms with van der Waals surface area (Å²) in [4.78, 5) is 22.3. The summed E-state index contributed by atoms with van der Waals surface area (Å²) in [7, 11) is 0. The third kappa shape index (κ3) is 12.6. The zero-order valence-electron chi connectivity index (χ0n) is 12.2. The van der Waals surface area contributed by atoms with Crippen LogP contribution in [0.15, 0.2) is 0 Å². The maximum absolute atomic E-state index is 11.2. The van der Waals surface area contributed by atoms with Crippen molar-refractivity contribution in [2.24, 2.45) is 5.92 Å². The van der Waals surface area contributed by atoms with Crippen molar-refractivity contribution in [3.05, 3.63) is 0 Å². The van der Waals surface area contributed by atoms with Crippen molar-refractivity contribution in [3.63, 3.8) is 0 Å². The van der Waals surface area contributed by atoms with E-state index in [1.54, 1.807) is 0 Å². The van der Waals surface area contributed by atoms with Crippen LogP contribution in [-0.4, -0.2) is 55.8 Å². The van der Waals surface area contributed by atoms with Crippen molar-refractivity contribution < 1.29 is 19.1 Å². The molecule has 2 amide bonds. The Bertz CT molecular complexity index is 275. The first-order chi connectivity index (χ1) is 9.57. The highest BCUT2D eigenvalue weighted by Crippen LogP contribution is 1.89. The minimum absolute atomic E-state index is 0.000691. The summed E-state index contributed by atoms with van der Waals surface area (Å²) >= 11 is 2.17. The van der Waals surface area contributed by atoms with Crippen LogP contribution in [0.5, 0.6) is 0 Å². The van der Waals surface area contributed by atoms with E-state index in [2.05, 4.69) is 33.2 Å². The number of alkyl halides is 1. The minimum Gasteiger partial charge on any atom is -0.377 e. The molecular weight excluding hydrogens is 375 g/mol. The van der Waals surface area contributed by atoms with Gasteiger partial charge in [0.1, 0.15) is 0 Å². The van der Waals surface area contributed by atoms with Crippen molar-refractivity contribution in [2.75, 3.05) is 43.9 Å². The third-order valence-electron chi connectivity index (χ3n) is 2.33. The van der Waals surface area contributed by atoms with Gasteiger partial charge in [0.15, 0.2) is 0 Å². The lowest BCUT2D eigenvalue weighted by molar-refractivity contribution is -0.124. The van der Waals surface area contributed by atoms with Crippen LogP contribution in [0, 0.1) is 5.92 Å². The second-order valence-electron chi connectivity index (χ2n) is 4.46. The number of carbonyl (C=O) groups excluding carboxylic acids is 2. The summed E-state index contributed by atoms with van der Waals surface area (Å²) in [6.45, 7) is 6.68. The standard InChI is InChI=1S/C13H25IN2O4/c1-11(2)13(18)16-6-8-20-10-9-19-7-5-15-12(17)3-4-14/h11H,3-10H2,1-2H3,(H,15,17)(H,16,18). The number of amides is 2. The molecule has 0 saturated carbocycles. The Morgan fingerprint density at radius 1 is 1.00 bits per heavy atom. The first-order valence-electron chi connectivity index (χ1n) is 6.83. The molecule has 0 aliphatic heterocycles. The molecule has 20 heavy (non-hydrogen) atoms. The molecule has 0 unspecified atom stereocenters. The third-order valence-corrected chi connectivity index (χ3v) is 2.87. The zero-order valence-corrected chi connectivity index (χ0v) is 14.4. The molecule has 0 atom stereocenters. The fourth-order valence-electron chi connectivity index (χ4n) is 1.21. The van der Waals surface area contributed by atoms with Gasteiger partial charge in [-0.1, -0.05) is 36.4 Å². The number of nitrogens with one attached hydrogen (secondary N) is 2. The lowest BCUT2D eigenvalue weighted by Gasteiger charge is -2.09. The predicted octanol–water partition coefficient (Wildman–Crippen LogP) is 0.733. The average molecular weight is 400 g/mol. The molecule has 0 saturated heterocycles. The molecule has 0 fully saturated rings. The van der Waals surface area contributed by atoms with E-state index in [0.717, 1.165) is 4.43 Å². The summed E-state index contributed by atoms with van der Waals surface area (Å²) in [5.41, 5.74) is 0. The molecule has 0 aromatic rings. The maximum atomic E-state index is 11.2. The second kappa shape index (κ2) is 13.6. The molecule has 0 aliphatic carbocycles. The van der Waals surface area contributed by atoms with Crippen molar-refractivity contribution in [3.8, 4) is 0 Å². The van der Waals surface area contributed by atoms with Crippen molar-refractivity contribution >= 4 is 34.4 Å². The Hall–Kier alpha value is -0.410. The van der Waals surface area contributed by atoms with E-state index in [1.807, 2.05) is 13.8 Å². The average Bonchev–Trinajstić information content (AvgIpc) is 2.40. The first-order valence-corrected chi connectivity index (χ1v) is 8.36. The Morgan fingerprint density at radius 3 is 2.05 bits per heavy atom. The van der Waals surface area contributed by atoms with E-state index in [4.69, 9.17) is 9.47 Å². The van der Waals surface area contributed by atoms with Crippen LogP contribution in [0.25, 0.3) is 0 Å². The summed E-state index contributed by atoms with van der Waals surface area (Å²) in [5, 5.41) is 5.53. The number of carbonyl (C=O) groups is 2. The van der Waals surface area contributed by atoms with Gasteiger partial charge in [0.25, 0.3) is 0 Å². The lowest BCUT2D eigenvalue weighted by atomic mass is 10.2. The van der Waals surface area contributed by atoms with E-state index in [9.17, 15) is 9.59 Å². The van der Waals surface area contributed by atoms with Gasteiger partial charge in [-0.05, 0) is 0 Å². The molecular formula is C13H25IN2O4. The Labute approximate surface area is 134 Å². The van der Waals surface area contributed by atoms with Crippen LogP contribution < -0.4 is 10.6 Å². The van der Waals surface area contributed by atoms with Gasteiger partial charge >= 0.3 is 0 Å². The summed E-state index contributed by atoms with van der Waals surface area (Å²) in [6.07, 6.45) is 0.547. The molecule has 0 heterocycles. The fourth-order valence-corrected chi connectivity index (χ4v) is 1.70. The summed E-state index contributed by atoms with van der Waals surface area (Å²) < 4.78 is 11.4. The quantitative estimate of drug-likeness (QED) is 0.288. The normalized spacial score (nSPS) is 10.6. The molecule has 6 nitrogen and oxygen atoms in total. The zero-order chi connectivity index (χ0) is 15.2. The van der Waals surface area contributed by atoms with E-state index < -0.39 is 0 Å². The molecule has 0 aliphatic rings. The molecule has 7 heteroatoms. The highest BCUT2D eigenvalue weighted by atomic mass is 127. The SMILES string of the molecule is CC(C)C(=O)NCCOCCOCCNC(=O)CCI. The van der Waals surface area contributed by atoms with E-state index >= 15 is 0 Å². The lowest BCUT2D eigenvalue weighted by Crippen LogP contribution is -2.31. The smallest absolute Gasteiger partial charge is 0.222 e.